The Balaban J connectivity index is 2.15. The van der Waals surface area contributed by atoms with Crippen LogP contribution >= 0.6 is 0 Å². The fourth-order valence-electron chi connectivity index (χ4n) is 2.46. The summed E-state index contributed by atoms with van der Waals surface area (Å²) >= 11 is 0. The highest BCUT2D eigenvalue weighted by molar-refractivity contribution is 5.40. The van der Waals surface area contributed by atoms with Gasteiger partial charge in [0, 0.05) is 29.4 Å². The quantitative estimate of drug-likeness (QED) is 0.887. The van der Waals surface area contributed by atoms with E-state index in [1.54, 1.807) is 0 Å². The fraction of sp³-hybridized carbons (Fsp3) is 0.474. The number of nitrogens with zero attached hydrogens (tertiary/aromatic N) is 4. The van der Waals surface area contributed by atoms with Crippen LogP contribution < -0.4 is 5.32 Å². The second kappa shape index (κ2) is 7.16. The van der Waals surface area contributed by atoms with Crippen molar-refractivity contribution in [2.75, 3.05) is 20.6 Å². The van der Waals surface area contributed by atoms with Gasteiger partial charge in [-0.2, -0.15) is 10.4 Å². The van der Waals surface area contributed by atoms with Crippen molar-refractivity contribution >= 4 is 0 Å². The molecule has 1 aromatic carbocycles. The monoisotopic (exact) mass is 325 g/mol. The summed E-state index contributed by atoms with van der Waals surface area (Å²) in [6, 6.07) is 9.84. The lowest BCUT2D eigenvalue weighted by atomic mass is 10.0. The van der Waals surface area contributed by atoms with Gasteiger partial charge in [-0.05, 0) is 66.1 Å². The Morgan fingerprint density at radius 1 is 1.29 bits per heavy atom. The molecular formula is C19H27N5. The predicted octanol–water partition coefficient (Wildman–Crippen LogP) is 3.04. The van der Waals surface area contributed by atoms with Crippen LogP contribution in [0.5, 0.6) is 0 Å². The molecule has 0 spiro atoms. The normalized spacial score (nSPS) is 13.1. The molecule has 24 heavy (non-hydrogen) atoms. The molecule has 0 radical (unpaired) electrons. The van der Waals surface area contributed by atoms with E-state index in [1.165, 1.54) is 5.56 Å². The number of benzene rings is 1. The first kappa shape index (κ1) is 18.2. The lowest BCUT2D eigenvalue weighted by Crippen LogP contribution is -2.47. The maximum Gasteiger partial charge on any atom is 0.0991 e. The van der Waals surface area contributed by atoms with Crippen LogP contribution in [0.2, 0.25) is 0 Å². The number of aromatic nitrogens is 2. The molecule has 0 saturated heterocycles. The second-order valence-corrected chi connectivity index (χ2v) is 7.07. The number of nitriles is 1. The molecule has 2 rings (SSSR count). The van der Waals surface area contributed by atoms with Gasteiger partial charge in [0.15, 0.2) is 0 Å². The van der Waals surface area contributed by atoms with E-state index in [0.717, 1.165) is 17.9 Å². The molecule has 0 fully saturated rings. The van der Waals surface area contributed by atoms with Crippen molar-refractivity contribution in [1.82, 2.24) is 20.0 Å². The van der Waals surface area contributed by atoms with E-state index in [1.807, 2.05) is 35.1 Å². The van der Waals surface area contributed by atoms with Crippen molar-refractivity contribution in [3.63, 3.8) is 0 Å². The largest absolute Gasteiger partial charge is 0.308 e. The van der Waals surface area contributed by atoms with Crippen LogP contribution in [0.1, 0.15) is 43.6 Å². The van der Waals surface area contributed by atoms with Gasteiger partial charge in [0.05, 0.1) is 23.5 Å². The molecule has 5 nitrogen and oxygen atoms in total. The van der Waals surface area contributed by atoms with Crippen LogP contribution in [-0.2, 0) is 0 Å². The van der Waals surface area contributed by atoms with Crippen LogP contribution in [-0.4, -0.2) is 40.9 Å². The zero-order chi connectivity index (χ0) is 17.9. The van der Waals surface area contributed by atoms with E-state index in [9.17, 15) is 0 Å². The molecule has 0 amide bonds. The maximum atomic E-state index is 8.91. The highest BCUT2D eigenvalue weighted by Crippen LogP contribution is 2.21. The SMILES string of the molecule is Cc1c([C@H](C)NCC(C)(C)N(C)C)cnn1-c1ccc(C#N)cc1. The average Bonchev–Trinajstić information content (AvgIpc) is 2.94. The van der Waals surface area contributed by atoms with Gasteiger partial charge in [-0.1, -0.05) is 0 Å². The molecule has 1 aromatic heterocycles. The summed E-state index contributed by atoms with van der Waals surface area (Å²) in [5.74, 6) is 0. The summed E-state index contributed by atoms with van der Waals surface area (Å²) in [4.78, 5) is 2.22. The molecular weight excluding hydrogens is 298 g/mol. The first-order chi connectivity index (χ1) is 11.3. The molecule has 0 aliphatic rings. The first-order valence-electron chi connectivity index (χ1n) is 8.22. The van der Waals surface area contributed by atoms with E-state index in [2.05, 4.69) is 63.2 Å². The van der Waals surface area contributed by atoms with E-state index >= 15 is 0 Å². The lowest BCUT2D eigenvalue weighted by molar-refractivity contribution is 0.185. The molecule has 0 saturated carbocycles. The molecule has 128 valence electrons. The highest BCUT2D eigenvalue weighted by atomic mass is 15.3. The van der Waals surface area contributed by atoms with E-state index < -0.39 is 0 Å². The zero-order valence-electron chi connectivity index (χ0n) is 15.5. The summed E-state index contributed by atoms with van der Waals surface area (Å²) in [6.07, 6.45) is 1.92. The van der Waals surface area contributed by atoms with Gasteiger partial charge in [-0.25, -0.2) is 4.68 Å². The average molecular weight is 325 g/mol. The number of likely N-dealkylation sites (N-methyl/N-ethyl adjacent to an activating group) is 1. The van der Waals surface area contributed by atoms with E-state index in [0.29, 0.717) is 5.56 Å². The van der Waals surface area contributed by atoms with Crippen molar-refractivity contribution in [2.45, 2.75) is 39.3 Å². The molecule has 0 unspecified atom stereocenters. The molecule has 5 heteroatoms. The summed E-state index contributed by atoms with van der Waals surface area (Å²) < 4.78 is 1.92. The number of nitrogens with one attached hydrogen (secondary N) is 1. The maximum absolute atomic E-state index is 8.91. The minimum atomic E-state index is 0.0886. The van der Waals surface area contributed by atoms with E-state index in [-0.39, 0.29) is 11.6 Å². The van der Waals surface area contributed by atoms with Gasteiger partial charge in [0.2, 0.25) is 0 Å². The van der Waals surface area contributed by atoms with Crippen molar-refractivity contribution in [2.24, 2.45) is 0 Å². The van der Waals surface area contributed by atoms with Gasteiger partial charge in [0.1, 0.15) is 0 Å². The van der Waals surface area contributed by atoms with Crippen molar-refractivity contribution in [1.29, 1.82) is 5.26 Å². The Bertz CT molecular complexity index is 719. The van der Waals surface area contributed by atoms with Crippen molar-refractivity contribution in [3.8, 4) is 11.8 Å². The zero-order valence-corrected chi connectivity index (χ0v) is 15.5. The Labute approximate surface area is 144 Å². The Kier molecular flexibility index (Phi) is 5.43. The van der Waals surface area contributed by atoms with Crippen molar-refractivity contribution < 1.29 is 0 Å². The lowest BCUT2D eigenvalue weighted by Gasteiger charge is -2.34. The molecule has 0 aliphatic heterocycles. The van der Waals surface area contributed by atoms with E-state index in [4.69, 9.17) is 5.26 Å². The number of hydrogen-bond acceptors (Lipinski definition) is 4. The molecule has 1 atom stereocenters. The first-order valence-corrected chi connectivity index (χ1v) is 8.22. The van der Waals surface area contributed by atoms with Gasteiger partial charge in [-0.15, -0.1) is 0 Å². The van der Waals surface area contributed by atoms with Crippen LogP contribution in [0.25, 0.3) is 5.69 Å². The minimum absolute atomic E-state index is 0.0886. The van der Waals surface area contributed by atoms with Crippen LogP contribution in [0.15, 0.2) is 30.5 Å². The summed E-state index contributed by atoms with van der Waals surface area (Å²) in [6.45, 7) is 9.58. The summed E-state index contributed by atoms with van der Waals surface area (Å²) in [5, 5.41) is 17.0. The molecule has 0 bridgehead atoms. The van der Waals surface area contributed by atoms with Crippen LogP contribution in [0, 0.1) is 18.3 Å². The minimum Gasteiger partial charge on any atom is -0.308 e. The van der Waals surface area contributed by atoms with Crippen molar-refractivity contribution in [3.05, 3.63) is 47.3 Å². The molecule has 1 heterocycles. The number of hydrogen-bond donors (Lipinski definition) is 1. The van der Waals surface area contributed by atoms with Gasteiger partial charge >= 0.3 is 0 Å². The third-order valence-electron chi connectivity index (χ3n) is 4.81. The smallest absolute Gasteiger partial charge is 0.0991 e. The molecule has 0 aliphatic carbocycles. The van der Waals surface area contributed by atoms with Gasteiger partial charge in [0.25, 0.3) is 0 Å². The third kappa shape index (κ3) is 3.84. The Morgan fingerprint density at radius 2 is 1.92 bits per heavy atom. The second-order valence-electron chi connectivity index (χ2n) is 7.07. The molecule has 2 aromatic rings. The van der Waals surface area contributed by atoms with Gasteiger partial charge < -0.3 is 10.2 Å². The Morgan fingerprint density at radius 3 is 2.46 bits per heavy atom. The fourth-order valence-corrected chi connectivity index (χ4v) is 2.46. The predicted molar refractivity (Wildman–Crippen MR) is 97.2 cm³/mol. The molecule has 1 N–H and O–H groups in total. The Hall–Kier alpha value is -2.16. The standard InChI is InChI=1S/C19H27N5/c1-14(21-13-19(3,4)23(5)6)18-12-22-24(15(18)2)17-9-7-16(11-20)8-10-17/h7-10,12,14,21H,13H2,1-6H3/t14-/m0/s1. The van der Waals surface area contributed by atoms with Gasteiger partial charge in [-0.3, -0.25) is 0 Å². The van der Waals surface area contributed by atoms with Crippen LogP contribution in [0.3, 0.4) is 0 Å². The third-order valence-corrected chi connectivity index (χ3v) is 4.81. The van der Waals surface area contributed by atoms with Crippen LogP contribution in [0.4, 0.5) is 0 Å². The topological polar surface area (TPSA) is 56.9 Å². The summed E-state index contributed by atoms with van der Waals surface area (Å²) in [5.41, 5.74) is 4.02. The highest BCUT2D eigenvalue weighted by Gasteiger charge is 2.22. The number of rotatable bonds is 6. The summed E-state index contributed by atoms with van der Waals surface area (Å²) in [7, 11) is 4.20.